The van der Waals surface area contributed by atoms with Crippen molar-refractivity contribution in [2.24, 2.45) is 34.1 Å². The van der Waals surface area contributed by atoms with Crippen molar-refractivity contribution in [2.75, 3.05) is 6.54 Å². The molecule has 6 nitrogen and oxygen atoms in total. The van der Waals surface area contributed by atoms with Crippen LogP contribution in [0.25, 0.3) is 0 Å². The normalized spacial score (nSPS) is 40.7. The van der Waals surface area contributed by atoms with Gasteiger partial charge in [0.15, 0.2) is 0 Å². The van der Waals surface area contributed by atoms with Crippen LogP contribution in [-0.4, -0.2) is 29.4 Å². The Hall–Kier alpha value is -0.990. The molecule has 8 heteroatoms. The van der Waals surface area contributed by atoms with Crippen molar-refractivity contribution in [3.8, 4) is 0 Å². The lowest BCUT2D eigenvalue weighted by Gasteiger charge is -2.50. The van der Waals surface area contributed by atoms with Gasteiger partial charge in [-0.15, -0.1) is 11.3 Å². The number of rotatable bonds is 5. The number of carbonyl (C=O) groups excluding carboxylic acids is 2. The predicted molar refractivity (Wildman–Crippen MR) is 110 cm³/mol. The van der Waals surface area contributed by atoms with Crippen LogP contribution in [0.1, 0.15) is 56.4 Å². The molecule has 4 fully saturated rings. The van der Waals surface area contributed by atoms with E-state index in [0.717, 1.165) is 55.3 Å². The second kappa shape index (κ2) is 6.25. The van der Waals surface area contributed by atoms with Gasteiger partial charge in [0.1, 0.15) is 10.4 Å². The minimum atomic E-state index is -1.09. The van der Waals surface area contributed by atoms with Gasteiger partial charge in [0.05, 0.1) is 15.4 Å². The average Bonchev–Trinajstić information content (AvgIpc) is 3.13. The first-order valence-electron chi connectivity index (χ1n) is 10.3. The van der Waals surface area contributed by atoms with Crippen LogP contribution in [-0.2, 0) is 15.0 Å². The van der Waals surface area contributed by atoms with Gasteiger partial charge in [-0.25, -0.2) is 4.98 Å². The Bertz CT molecular complexity index is 834. The highest BCUT2D eigenvalue weighted by atomic mass is 79.9. The Morgan fingerprint density at radius 3 is 2.46 bits per heavy atom. The minimum Gasteiger partial charge on any atom is -0.369 e. The number of hydrogen-bond acceptors (Lipinski definition) is 5. The van der Waals surface area contributed by atoms with E-state index in [2.05, 4.69) is 26.2 Å². The lowest BCUT2D eigenvalue weighted by atomic mass is 9.52. The Morgan fingerprint density at radius 2 is 1.93 bits per heavy atom. The fourth-order valence-corrected chi connectivity index (χ4v) is 9.04. The second-order valence-corrected chi connectivity index (χ2v) is 11.7. The van der Waals surface area contributed by atoms with Crippen molar-refractivity contribution in [1.82, 2.24) is 10.3 Å². The third-order valence-electron chi connectivity index (χ3n) is 8.40. The van der Waals surface area contributed by atoms with Crippen LogP contribution in [0, 0.1) is 22.7 Å². The Kier molecular flexibility index (Phi) is 4.24. The Labute approximate surface area is 177 Å². The van der Waals surface area contributed by atoms with Gasteiger partial charge in [0.25, 0.3) is 0 Å². The number of amides is 2. The van der Waals surface area contributed by atoms with Crippen molar-refractivity contribution in [2.45, 2.75) is 62.8 Å². The zero-order valence-corrected chi connectivity index (χ0v) is 18.3. The molecule has 0 radical (unpaired) electrons. The molecule has 3 saturated carbocycles. The van der Waals surface area contributed by atoms with E-state index in [1.165, 1.54) is 11.3 Å². The first-order chi connectivity index (χ1) is 13.4. The molecule has 1 aromatic rings. The molecule has 1 aliphatic heterocycles. The molecule has 28 heavy (non-hydrogen) atoms. The molecule has 3 aliphatic carbocycles. The van der Waals surface area contributed by atoms with Crippen molar-refractivity contribution >= 4 is 39.1 Å². The topological polar surface area (TPSA) is 111 Å². The summed E-state index contributed by atoms with van der Waals surface area (Å²) >= 11 is 4.94. The zero-order valence-electron chi connectivity index (χ0n) is 15.9. The molecule has 152 valence electrons. The van der Waals surface area contributed by atoms with Crippen molar-refractivity contribution in [1.29, 1.82) is 0 Å². The molecule has 5 rings (SSSR count). The second-order valence-electron chi connectivity index (χ2n) is 9.24. The SMILES string of the molecule is NC(=O)[C@]1(CC2CCCCN2)[C@@H]2CC[C@@H](C23CC3)[C@@]1(C(N)=O)c1ncc(Br)s1. The molecule has 1 aromatic heterocycles. The molecule has 2 amide bonds. The number of halogens is 1. The van der Waals surface area contributed by atoms with Gasteiger partial charge < -0.3 is 16.8 Å². The maximum Gasteiger partial charge on any atom is 0.231 e. The number of nitrogens with two attached hydrogens (primary N) is 2. The number of nitrogens with one attached hydrogen (secondary N) is 1. The van der Waals surface area contributed by atoms with Gasteiger partial charge in [-0.2, -0.15) is 0 Å². The first kappa shape index (κ1) is 19.0. The molecule has 4 aliphatic rings. The molecular formula is C20H27BrN4O2S. The minimum absolute atomic E-state index is 0.0386. The van der Waals surface area contributed by atoms with Gasteiger partial charge in [-0.05, 0) is 84.7 Å². The summed E-state index contributed by atoms with van der Waals surface area (Å²) in [4.78, 5) is 31.3. The molecular weight excluding hydrogens is 440 g/mol. The van der Waals surface area contributed by atoms with Gasteiger partial charge in [0.2, 0.25) is 11.8 Å². The molecule has 0 aromatic carbocycles. The Balaban J connectivity index is 1.73. The van der Waals surface area contributed by atoms with E-state index in [1.807, 2.05) is 0 Å². The smallest absolute Gasteiger partial charge is 0.231 e. The largest absolute Gasteiger partial charge is 0.369 e. The molecule has 1 spiro atoms. The van der Waals surface area contributed by atoms with Crippen LogP contribution in [0.15, 0.2) is 9.98 Å². The number of primary amides is 2. The predicted octanol–water partition coefficient (Wildman–Crippen LogP) is 2.45. The maximum atomic E-state index is 13.4. The molecule has 5 atom stereocenters. The van der Waals surface area contributed by atoms with E-state index in [-0.39, 0.29) is 29.2 Å². The van der Waals surface area contributed by atoms with Gasteiger partial charge in [0, 0.05) is 6.04 Å². The molecule has 1 unspecified atom stereocenters. The summed E-state index contributed by atoms with van der Waals surface area (Å²) < 4.78 is 0.852. The quantitative estimate of drug-likeness (QED) is 0.618. The van der Waals surface area contributed by atoms with Crippen LogP contribution in [0.2, 0.25) is 0 Å². The number of nitrogens with zero attached hydrogens (tertiary/aromatic N) is 1. The third kappa shape index (κ3) is 2.14. The van der Waals surface area contributed by atoms with E-state index in [4.69, 9.17) is 11.5 Å². The monoisotopic (exact) mass is 466 g/mol. The lowest BCUT2D eigenvalue weighted by molar-refractivity contribution is -0.148. The van der Waals surface area contributed by atoms with Gasteiger partial charge in [-0.3, -0.25) is 9.59 Å². The summed E-state index contributed by atoms with van der Waals surface area (Å²) in [5, 5.41) is 4.26. The summed E-state index contributed by atoms with van der Waals surface area (Å²) in [6.07, 6.45) is 9.63. The highest BCUT2D eigenvalue weighted by Gasteiger charge is 2.85. The van der Waals surface area contributed by atoms with Crippen LogP contribution >= 0.6 is 27.3 Å². The number of thiazole rings is 1. The van der Waals surface area contributed by atoms with E-state index in [0.29, 0.717) is 11.4 Å². The van der Waals surface area contributed by atoms with E-state index < -0.39 is 16.7 Å². The number of hydrogen-bond donors (Lipinski definition) is 3. The number of piperidine rings is 1. The highest BCUT2D eigenvalue weighted by molar-refractivity contribution is 9.11. The molecule has 2 bridgehead atoms. The molecule has 2 heterocycles. The Morgan fingerprint density at radius 1 is 1.18 bits per heavy atom. The maximum absolute atomic E-state index is 13.4. The third-order valence-corrected chi connectivity index (χ3v) is 10.0. The summed E-state index contributed by atoms with van der Waals surface area (Å²) in [5.41, 5.74) is 10.4. The zero-order chi connectivity index (χ0) is 19.7. The van der Waals surface area contributed by atoms with Crippen molar-refractivity contribution < 1.29 is 9.59 Å². The van der Waals surface area contributed by atoms with E-state index in [1.54, 1.807) is 6.20 Å². The van der Waals surface area contributed by atoms with Crippen LogP contribution in [0.5, 0.6) is 0 Å². The fraction of sp³-hybridized carbons (Fsp3) is 0.750. The van der Waals surface area contributed by atoms with Gasteiger partial charge >= 0.3 is 0 Å². The van der Waals surface area contributed by atoms with Crippen LogP contribution < -0.4 is 16.8 Å². The lowest BCUT2D eigenvalue weighted by Crippen LogP contribution is -2.64. The van der Waals surface area contributed by atoms with Crippen molar-refractivity contribution in [3.05, 3.63) is 15.0 Å². The number of aromatic nitrogens is 1. The van der Waals surface area contributed by atoms with Crippen LogP contribution in [0.3, 0.4) is 0 Å². The molecule has 5 N–H and O–H groups in total. The summed E-state index contributed by atoms with van der Waals surface area (Å²) in [5.74, 6) is -0.580. The van der Waals surface area contributed by atoms with E-state index in [9.17, 15) is 9.59 Å². The van der Waals surface area contributed by atoms with Crippen molar-refractivity contribution in [3.63, 3.8) is 0 Å². The average molecular weight is 467 g/mol. The van der Waals surface area contributed by atoms with E-state index >= 15 is 0 Å². The van der Waals surface area contributed by atoms with Crippen LogP contribution in [0.4, 0.5) is 0 Å². The highest BCUT2D eigenvalue weighted by Crippen LogP contribution is 2.83. The summed E-state index contributed by atoms with van der Waals surface area (Å²) in [6, 6.07) is 0.193. The first-order valence-corrected chi connectivity index (χ1v) is 12.0. The van der Waals surface area contributed by atoms with Gasteiger partial charge in [-0.1, -0.05) is 6.42 Å². The number of carbonyl (C=O) groups is 2. The summed E-state index contributed by atoms with van der Waals surface area (Å²) in [7, 11) is 0. The standard InChI is InChI=1S/C20H27BrN4O2S/c21-14-10-25-17(28-14)20(16(23)27)13-5-4-12(18(13)6-7-18)19(20,15(22)26)9-11-3-1-2-8-24-11/h10-13,24H,1-9H2,(H2,22,26)(H2,23,27)/t11?,12-,13+,19+,20-/m1/s1. The summed E-state index contributed by atoms with van der Waals surface area (Å²) in [6.45, 7) is 0.950. The fourth-order valence-electron chi connectivity index (χ4n) is 7.49. The molecule has 1 saturated heterocycles.